The maximum Gasteiger partial charge on any atom is 0.0342 e. The van der Waals surface area contributed by atoms with Crippen molar-refractivity contribution in [3.8, 4) is 0 Å². The predicted octanol–water partition coefficient (Wildman–Crippen LogP) is 2.28. The summed E-state index contributed by atoms with van der Waals surface area (Å²) in [5, 5.41) is 3.41. The van der Waals surface area contributed by atoms with Crippen LogP contribution in [0, 0.1) is 6.92 Å². The van der Waals surface area contributed by atoms with Gasteiger partial charge in [-0.2, -0.15) is 0 Å². The summed E-state index contributed by atoms with van der Waals surface area (Å²) in [5.41, 5.74) is 2.79. The molecule has 1 saturated heterocycles. The fourth-order valence-corrected chi connectivity index (χ4v) is 2.98. The zero-order valence-corrected chi connectivity index (χ0v) is 13.2. The van der Waals surface area contributed by atoms with Crippen molar-refractivity contribution in [2.45, 2.75) is 26.3 Å². The summed E-state index contributed by atoms with van der Waals surface area (Å²) in [6.45, 7) is 11.4. The predicted molar refractivity (Wildman–Crippen MR) is 86.2 cm³/mol. The molecule has 1 fully saturated rings. The van der Waals surface area contributed by atoms with E-state index in [0.717, 1.165) is 19.6 Å². The second-order valence-corrected chi connectivity index (χ2v) is 5.91. The highest BCUT2D eigenvalue weighted by atomic mass is 15.2. The molecule has 0 amide bonds. The van der Waals surface area contributed by atoms with E-state index in [1.165, 1.54) is 37.2 Å². The molecule has 2 rings (SSSR count). The Morgan fingerprint density at radius 2 is 1.85 bits per heavy atom. The van der Waals surface area contributed by atoms with E-state index < -0.39 is 0 Å². The highest BCUT2D eigenvalue weighted by Crippen LogP contribution is 2.22. The van der Waals surface area contributed by atoms with Crippen LogP contribution in [0.15, 0.2) is 24.3 Å². The maximum absolute atomic E-state index is 3.41. The summed E-state index contributed by atoms with van der Waals surface area (Å²) in [6, 6.07) is 9.55. The standard InChI is InChI=1S/C17H29N3/c1-4-17(16-7-5-15(2)6-8-16)19(3)13-14-20-11-9-18-10-12-20/h5-8,17-18H,4,9-14H2,1-3H3. The summed E-state index contributed by atoms with van der Waals surface area (Å²) < 4.78 is 0. The zero-order valence-electron chi connectivity index (χ0n) is 13.2. The molecular formula is C17H29N3. The van der Waals surface area contributed by atoms with Crippen LogP contribution in [-0.2, 0) is 0 Å². The number of hydrogen-bond donors (Lipinski definition) is 1. The van der Waals surface area contributed by atoms with E-state index in [9.17, 15) is 0 Å². The number of nitrogens with one attached hydrogen (secondary N) is 1. The quantitative estimate of drug-likeness (QED) is 0.859. The molecular weight excluding hydrogens is 246 g/mol. The van der Waals surface area contributed by atoms with Crippen molar-refractivity contribution in [3.63, 3.8) is 0 Å². The molecule has 20 heavy (non-hydrogen) atoms. The van der Waals surface area contributed by atoms with Crippen LogP contribution in [0.1, 0.15) is 30.5 Å². The van der Waals surface area contributed by atoms with E-state index in [1.807, 2.05) is 0 Å². The Labute approximate surface area is 124 Å². The monoisotopic (exact) mass is 275 g/mol. The molecule has 1 unspecified atom stereocenters. The number of piperazine rings is 1. The van der Waals surface area contributed by atoms with Gasteiger partial charge in [0.2, 0.25) is 0 Å². The van der Waals surface area contributed by atoms with Gasteiger partial charge in [-0.1, -0.05) is 36.8 Å². The Kier molecular flexibility index (Phi) is 6.02. The van der Waals surface area contributed by atoms with Crippen LogP contribution in [-0.4, -0.2) is 56.1 Å². The molecule has 1 aliphatic rings. The van der Waals surface area contributed by atoms with Gasteiger partial charge in [0.05, 0.1) is 0 Å². The number of aryl methyl sites for hydroxylation is 1. The number of nitrogens with zero attached hydrogens (tertiary/aromatic N) is 2. The normalized spacial score (nSPS) is 18.4. The van der Waals surface area contributed by atoms with E-state index in [-0.39, 0.29) is 0 Å². The summed E-state index contributed by atoms with van der Waals surface area (Å²) in [6.07, 6.45) is 1.17. The molecule has 1 aromatic carbocycles. The average Bonchev–Trinajstić information content (AvgIpc) is 2.49. The number of benzene rings is 1. The van der Waals surface area contributed by atoms with E-state index in [4.69, 9.17) is 0 Å². The molecule has 1 aliphatic heterocycles. The molecule has 0 aromatic heterocycles. The van der Waals surface area contributed by atoms with Crippen LogP contribution in [0.2, 0.25) is 0 Å². The summed E-state index contributed by atoms with van der Waals surface area (Å²) in [7, 11) is 2.26. The van der Waals surface area contributed by atoms with Crippen molar-refractivity contribution in [3.05, 3.63) is 35.4 Å². The fourth-order valence-electron chi connectivity index (χ4n) is 2.98. The zero-order chi connectivity index (χ0) is 14.4. The van der Waals surface area contributed by atoms with Gasteiger partial charge in [-0.15, -0.1) is 0 Å². The molecule has 1 aromatic rings. The average molecular weight is 275 g/mol. The summed E-state index contributed by atoms with van der Waals surface area (Å²) in [5.74, 6) is 0. The van der Waals surface area contributed by atoms with Gasteiger partial charge in [-0.25, -0.2) is 0 Å². The van der Waals surface area contributed by atoms with E-state index in [0.29, 0.717) is 6.04 Å². The third kappa shape index (κ3) is 4.30. The van der Waals surface area contributed by atoms with Crippen LogP contribution in [0.5, 0.6) is 0 Å². The van der Waals surface area contributed by atoms with Crippen LogP contribution in [0.4, 0.5) is 0 Å². The van der Waals surface area contributed by atoms with Crippen molar-refractivity contribution < 1.29 is 0 Å². The lowest BCUT2D eigenvalue weighted by Crippen LogP contribution is -2.46. The minimum absolute atomic E-state index is 0.540. The van der Waals surface area contributed by atoms with Crippen LogP contribution >= 0.6 is 0 Å². The van der Waals surface area contributed by atoms with Crippen LogP contribution in [0.3, 0.4) is 0 Å². The van der Waals surface area contributed by atoms with Gasteiger partial charge in [0, 0.05) is 45.3 Å². The third-order valence-corrected chi connectivity index (χ3v) is 4.36. The van der Waals surface area contributed by atoms with Crippen molar-refractivity contribution in [2.24, 2.45) is 0 Å². The largest absolute Gasteiger partial charge is 0.314 e. The number of hydrogen-bond acceptors (Lipinski definition) is 3. The first-order valence-corrected chi connectivity index (χ1v) is 7.90. The minimum atomic E-state index is 0.540. The molecule has 1 heterocycles. The van der Waals surface area contributed by atoms with Gasteiger partial charge in [0.25, 0.3) is 0 Å². The first kappa shape index (κ1) is 15.5. The van der Waals surface area contributed by atoms with Gasteiger partial charge >= 0.3 is 0 Å². The Bertz CT molecular complexity index is 382. The summed E-state index contributed by atoms with van der Waals surface area (Å²) in [4.78, 5) is 5.07. The molecule has 0 bridgehead atoms. The van der Waals surface area contributed by atoms with Gasteiger partial charge in [0.1, 0.15) is 0 Å². The SMILES string of the molecule is CCC(c1ccc(C)cc1)N(C)CCN1CCNCC1. The minimum Gasteiger partial charge on any atom is -0.314 e. The molecule has 112 valence electrons. The first-order chi connectivity index (χ1) is 9.70. The molecule has 0 aliphatic carbocycles. The van der Waals surface area contributed by atoms with E-state index >= 15 is 0 Å². The van der Waals surface area contributed by atoms with Crippen molar-refractivity contribution >= 4 is 0 Å². The van der Waals surface area contributed by atoms with Gasteiger partial charge in [-0.3, -0.25) is 9.80 Å². The Morgan fingerprint density at radius 3 is 2.45 bits per heavy atom. The Morgan fingerprint density at radius 1 is 1.20 bits per heavy atom. The van der Waals surface area contributed by atoms with Crippen molar-refractivity contribution in [2.75, 3.05) is 46.3 Å². The fraction of sp³-hybridized carbons (Fsp3) is 0.647. The molecule has 1 N–H and O–H groups in total. The van der Waals surface area contributed by atoms with E-state index in [2.05, 4.69) is 60.3 Å². The molecule has 0 saturated carbocycles. The summed E-state index contributed by atoms with van der Waals surface area (Å²) >= 11 is 0. The Balaban J connectivity index is 1.87. The molecule has 3 heteroatoms. The van der Waals surface area contributed by atoms with Gasteiger partial charge < -0.3 is 5.32 Å². The first-order valence-electron chi connectivity index (χ1n) is 7.90. The van der Waals surface area contributed by atoms with Crippen molar-refractivity contribution in [1.29, 1.82) is 0 Å². The van der Waals surface area contributed by atoms with Crippen molar-refractivity contribution in [1.82, 2.24) is 15.1 Å². The Hall–Kier alpha value is -0.900. The molecule has 0 spiro atoms. The smallest absolute Gasteiger partial charge is 0.0342 e. The van der Waals surface area contributed by atoms with Crippen LogP contribution in [0.25, 0.3) is 0 Å². The third-order valence-electron chi connectivity index (χ3n) is 4.36. The highest BCUT2D eigenvalue weighted by molar-refractivity contribution is 5.24. The molecule has 0 radical (unpaired) electrons. The van der Waals surface area contributed by atoms with Gasteiger partial charge in [-0.05, 0) is 26.0 Å². The highest BCUT2D eigenvalue weighted by Gasteiger charge is 2.16. The molecule has 1 atom stereocenters. The van der Waals surface area contributed by atoms with Crippen LogP contribution < -0.4 is 5.32 Å². The second kappa shape index (κ2) is 7.77. The van der Waals surface area contributed by atoms with Gasteiger partial charge in [0.15, 0.2) is 0 Å². The second-order valence-electron chi connectivity index (χ2n) is 5.91. The maximum atomic E-state index is 3.41. The lowest BCUT2D eigenvalue weighted by atomic mass is 10.0. The number of rotatable bonds is 6. The topological polar surface area (TPSA) is 18.5 Å². The number of likely N-dealkylation sites (N-methyl/N-ethyl adjacent to an activating group) is 1. The van der Waals surface area contributed by atoms with E-state index in [1.54, 1.807) is 0 Å². The lowest BCUT2D eigenvalue weighted by Gasteiger charge is -2.32. The molecule has 3 nitrogen and oxygen atoms in total. The lowest BCUT2D eigenvalue weighted by molar-refractivity contribution is 0.174.